The van der Waals surface area contributed by atoms with Gasteiger partial charge in [0.15, 0.2) is 5.65 Å². The van der Waals surface area contributed by atoms with Gasteiger partial charge in [-0.2, -0.15) is 9.78 Å². The van der Waals surface area contributed by atoms with Gasteiger partial charge in [-0.05, 0) is 67.9 Å². The minimum absolute atomic E-state index is 0.0573. The maximum atomic E-state index is 13.7. The number of fused-ring (bicyclic) bond motifs is 2. The van der Waals surface area contributed by atoms with E-state index in [1.165, 1.54) is 4.68 Å². The lowest BCUT2D eigenvalue weighted by Gasteiger charge is -2.05. The van der Waals surface area contributed by atoms with E-state index in [4.69, 9.17) is 10.5 Å². The van der Waals surface area contributed by atoms with Gasteiger partial charge in [-0.15, -0.1) is 0 Å². The lowest BCUT2D eigenvalue weighted by molar-refractivity contribution is 0.340. The SMILES string of the molecule is CCOc1ccc(/C=N\n2c(N)c(S(=O)(=O)c3ccc(C)cc3)c3nc4ccccc4nc32)cc1. The van der Waals surface area contributed by atoms with Gasteiger partial charge in [-0.1, -0.05) is 29.8 Å². The van der Waals surface area contributed by atoms with Crippen LogP contribution in [0.3, 0.4) is 0 Å². The van der Waals surface area contributed by atoms with Gasteiger partial charge in [0.2, 0.25) is 9.84 Å². The fraction of sp³-hybridized carbons (Fsp3) is 0.115. The number of benzene rings is 3. The molecule has 0 aliphatic carbocycles. The van der Waals surface area contributed by atoms with Gasteiger partial charge in [0.05, 0.1) is 28.8 Å². The monoisotopic (exact) mass is 485 g/mol. The maximum absolute atomic E-state index is 13.7. The molecule has 35 heavy (non-hydrogen) atoms. The van der Waals surface area contributed by atoms with Crippen LogP contribution in [-0.2, 0) is 9.84 Å². The summed E-state index contributed by atoms with van der Waals surface area (Å²) in [6.07, 6.45) is 1.59. The number of nitrogens with two attached hydrogens (primary N) is 1. The summed E-state index contributed by atoms with van der Waals surface area (Å²) in [6, 6.07) is 21.2. The predicted octanol–water partition coefficient (Wildman–Crippen LogP) is 4.59. The van der Waals surface area contributed by atoms with Gasteiger partial charge < -0.3 is 10.5 Å². The third-order valence-corrected chi connectivity index (χ3v) is 7.37. The molecule has 0 bridgehead atoms. The lowest BCUT2D eigenvalue weighted by atomic mass is 10.2. The molecule has 0 aliphatic heterocycles. The molecule has 176 valence electrons. The fourth-order valence-electron chi connectivity index (χ4n) is 3.78. The smallest absolute Gasteiger partial charge is 0.212 e. The van der Waals surface area contributed by atoms with Crippen LogP contribution in [0.5, 0.6) is 5.75 Å². The van der Waals surface area contributed by atoms with Crippen molar-refractivity contribution >= 4 is 44.1 Å². The molecule has 5 aromatic rings. The van der Waals surface area contributed by atoms with E-state index in [-0.39, 0.29) is 26.8 Å². The number of hydrogen-bond acceptors (Lipinski definition) is 7. The van der Waals surface area contributed by atoms with Crippen molar-refractivity contribution in [3.8, 4) is 5.75 Å². The van der Waals surface area contributed by atoms with E-state index in [9.17, 15) is 8.42 Å². The lowest BCUT2D eigenvalue weighted by Crippen LogP contribution is -2.06. The molecule has 0 amide bonds. The highest BCUT2D eigenvalue weighted by atomic mass is 32.2. The molecule has 2 heterocycles. The molecule has 3 aromatic carbocycles. The van der Waals surface area contributed by atoms with E-state index >= 15 is 0 Å². The van der Waals surface area contributed by atoms with Crippen molar-refractivity contribution in [3.63, 3.8) is 0 Å². The standard InChI is InChI=1S/C26H23N5O3S/c1-3-34-19-12-10-18(11-13-19)16-28-31-25(27)24(35(32,33)20-14-8-17(2)9-15-20)23-26(31)30-22-7-5-4-6-21(22)29-23/h4-16H,3,27H2,1-2H3/b28-16-. The molecule has 0 radical (unpaired) electrons. The number of nitrogen functional groups attached to an aromatic ring is 1. The summed E-state index contributed by atoms with van der Waals surface area (Å²) in [7, 11) is -3.99. The van der Waals surface area contributed by atoms with E-state index < -0.39 is 9.84 Å². The highest BCUT2D eigenvalue weighted by Crippen LogP contribution is 2.35. The Morgan fingerprint density at radius 2 is 1.63 bits per heavy atom. The Kier molecular flexibility index (Phi) is 5.70. The molecular formula is C26H23N5O3S. The van der Waals surface area contributed by atoms with E-state index in [0.29, 0.717) is 17.6 Å². The van der Waals surface area contributed by atoms with Crippen molar-refractivity contribution in [2.24, 2.45) is 5.10 Å². The largest absolute Gasteiger partial charge is 0.494 e. The van der Waals surface area contributed by atoms with E-state index in [1.807, 2.05) is 50.2 Å². The minimum atomic E-state index is -3.99. The highest BCUT2D eigenvalue weighted by molar-refractivity contribution is 7.92. The van der Waals surface area contributed by atoms with Gasteiger partial charge in [0.25, 0.3) is 0 Å². The molecule has 0 atom stereocenters. The summed E-state index contributed by atoms with van der Waals surface area (Å²) in [5, 5.41) is 4.49. The van der Waals surface area contributed by atoms with Gasteiger partial charge in [0, 0.05) is 0 Å². The van der Waals surface area contributed by atoms with Crippen LogP contribution >= 0.6 is 0 Å². The van der Waals surface area contributed by atoms with Crippen LogP contribution < -0.4 is 10.5 Å². The molecule has 0 saturated heterocycles. The first-order valence-corrected chi connectivity index (χ1v) is 12.5. The number of hydrogen-bond donors (Lipinski definition) is 1. The average molecular weight is 486 g/mol. The summed E-state index contributed by atoms with van der Waals surface area (Å²) < 4.78 is 34.2. The first-order chi connectivity index (χ1) is 16.9. The van der Waals surface area contributed by atoms with Crippen molar-refractivity contribution < 1.29 is 13.2 Å². The molecule has 0 spiro atoms. The van der Waals surface area contributed by atoms with Crippen LogP contribution in [0.2, 0.25) is 0 Å². The van der Waals surface area contributed by atoms with Crippen molar-refractivity contribution in [2.75, 3.05) is 12.3 Å². The molecule has 0 fully saturated rings. The van der Waals surface area contributed by atoms with Gasteiger partial charge >= 0.3 is 0 Å². The number of nitrogens with zero attached hydrogens (tertiary/aromatic N) is 4. The van der Waals surface area contributed by atoms with Crippen molar-refractivity contribution in [2.45, 2.75) is 23.6 Å². The van der Waals surface area contributed by atoms with Crippen LogP contribution in [0.4, 0.5) is 5.82 Å². The third kappa shape index (κ3) is 4.10. The maximum Gasteiger partial charge on any atom is 0.212 e. The zero-order valence-corrected chi connectivity index (χ0v) is 20.0. The van der Waals surface area contributed by atoms with Gasteiger partial charge in [0.1, 0.15) is 22.0 Å². The molecule has 0 unspecified atom stereocenters. The normalized spacial score (nSPS) is 12.1. The van der Waals surface area contributed by atoms with E-state index in [2.05, 4.69) is 15.1 Å². The minimum Gasteiger partial charge on any atom is -0.494 e. The Hall–Kier alpha value is -4.24. The number of rotatable bonds is 6. The van der Waals surface area contributed by atoms with Crippen LogP contribution in [0.15, 0.2) is 87.7 Å². The second-order valence-electron chi connectivity index (χ2n) is 7.97. The average Bonchev–Trinajstić information content (AvgIpc) is 3.13. The van der Waals surface area contributed by atoms with Gasteiger partial charge in [-0.25, -0.2) is 18.4 Å². The molecule has 5 rings (SSSR count). The Labute approximate surface area is 202 Å². The van der Waals surface area contributed by atoms with Crippen LogP contribution in [0.1, 0.15) is 18.1 Å². The summed E-state index contributed by atoms with van der Waals surface area (Å²) in [5.74, 6) is 0.692. The molecule has 0 saturated carbocycles. The number of para-hydroxylation sites is 2. The highest BCUT2D eigenvalue weighted by Gasteiger charge is 2.30. The molecule has 2 aromatic heterocycles. The number of aryl methyl sites for hydroxylation is 1. The number of sulfone groups is 1. The number of anilines is 1. The zero-order valence-electron chi connectivity index (χ0n) is 19.2. The molecule has 0 aliphatic rings. The first-order valence-electron chi connectivity index (χ1n) is 11.0. The van der Waals surface area contributed by atoms with E-state index in [1.54, 1.807) is 42.6 Å². The Balaban J connectivity index is 1.71. The molecular weight excluding hydrogens is 462 g/mol. The van der Waals surface area contributed by atoms with Gasteiger partial charge in [-0.3, -0.25) is 0 Å². The predicted molar refractivity (Wildman–Crippen MR) is 137 cm³/mol. The van der Waals surface area contributed by atoms with Crippen molar-refractivity contribution in [3.05, 3.63) is 83.9 Å². The van der Waals surface area contributed by atoms with Crippen molar-refractivity contribution in [1.82, 2.24) is 14.6 Å². The van der Waals surface area contributed by atoms with Crippen LogP contribution in [-0.4, -0.2) is 35.9 Å². The number of aromatic nitrogens is 3. The summed E-state index contributed by atoms with van der Waals surface area (Å²) in [5.41, 5.74) is 9.76. The zero-order chi connectivity index (χ0) is 24.6. The quantitative estimate of drug-likeness (QED) is 0.352. The number of ether oxygens (including phenoxy) is 1. The Morgan fingerprint density at radius 1 is 0.971 bits per heavy atom. The molecule has 8 nitrogen and oxygen atoms in total. The van der Waals surface area contributed by atoms with Crippen LogP contribution in [0, 0.1) is 6.92 Å². The third-order valence-electron chi connectivity index (χ3n) is 5.54. The fourth-order valence-corrected chi connectivity index (χ4v) is 5.26. The van der Waals surface area contributed by atoms with E-state index in [0.717, 1.165) is 16.9 Å². The second-order valence-corrected chi connectivity index (χ2v) is 9.86. The Morgan fingerprint density at radius 3 is 2.29 bits per heavy atom. The summed E-state index contributed by atoms with van der Waals surface area (Å²) in [6.45, 7) is 4.39. The van der Waals surface area contributed by atoms with Crippen molar-refractivity contribution in [1.29, 1.82) is 0 Å². The molecule has 2 N–H and O–H groups in total. The first kappa shape index (κ1) is 22.5. The second kappa shape index (κ2) is 8.84. The topological polar surface area (TPSA) is 112 Å². The summed E-state index contributed by atoms with van der Waals surface area (Å²) in [4.78, 5) is 9.29. The molecule has 9 heteroatoms. The van der Waals surface area contributed by atoms with Crippen LogP contribution in [0.25, 0.3) is 22.2 Å². The Bertz CT molecular complexity index is 1670. The summed E-state index contributed by atoms with van der Waals surface area (Å²) >= 11 is 0.